The molecule has 5 heteroatoms. The summed E-state index contributed by atoms with van der Waals surface area (Å²) in [5.74, 6) is 6.23. The molecule has 2 rings (SSSR count). The normalized spacial score (nSPS) is 10.9. The van der Waals surface area contributed by atoms with Crippen molar-refractivity contribution in [2.45, 2.75) is 13.3 Å². The summed E-state index contributed by atoms with van der Waals surface area (Å²) in [6.07, 6.45) is 4.91. The number of hydrogen-bond donors (Lipinski definition) is 2. The zero-order chi connectivity index (χ0) is 13.7. The van der Waals surface area contributed by atoms with Gasteiger partial charge in [0.05, 0.1) is 17.8 Å². The fourth-order valence-electron chi connectivity index (χ4n) is 1.76. The van der Waals surface area contributed by atoms with E-state index in [1.54, 1.807) is 18.4 Å². The molecule has 0 spiro atoms. The molecule has 2 aromatic rings. The summed E-state index contributed by atoms with van der Waals surface area (Å²) in [7, 11) is 1.66. The van der Waals surface area contributed by atoms with Crippen LogP contribution in [0.5, 0.6) is 5.75 Å². The average molecular weight is 275 g/mol. The quantitative estimate of drug-likeness (QED) is 0.650. The van der Waals surface area contributed by atoms with Gasteiger partial charge in [0.25, 0.3) is 0 Å². The number of allylic oxidation sites excluding steroid dienone is 1. The highest BCUT2D eigenvalue weighted by atomic mass is 32.1. The third-order valence-corrected chi connectivity index (χ3v) is 3.51. The second-order valence-electron chi connectivity index (χ2n) is 4.07. The molecule has 0 bridgehead atoms. The van der Waals surface area contributed by atoms with Crippen LogP contribution in [0.2, 0.25) is 0 Å². The van der Waals surface area contributed by atoms with Gasteiger partial charge in [0, 0.05) is 23.1 Å². The van der Waals surface area contributed by atoms with Crippen LogP contribution in [0.25, 0.3) is 6.08 Å². The molecule has 19 heavy (non-hydrogen) atoms. The summed E-state index contributed by atoms with van der Waals surface area (Å²) in [5, 5.41) is 3.17. The molecule has 0 saturated heterocycles. The number of hydrazine groups is 1. The lowest BCUT2D eigenvalue weighted by atomic mass is 10.1. The van der Waals surface area contributed by atoms with E-state index >= 15 is 0 Å². The SMILES string of the molecule is COc1ccc(NN)cc1/C=C/Cc1csc(C)n1. The number of nitrogens with one attached hydrogen (secondary N) is 1. The van der Waals surface area contributed by atoms with E-state index in [1.165, 1.54) is 0 Å². The molecule has 0 fully saturated rings. The van der Waals surface area contributed by atoms with Crippen molar-refractivity contribution in [2.24, 2.45) is 5.84 Å². The van der Waals surface area contributed by atoms with Crippen LogP contribution in [0.15, 0.2) is 29.7 Å². The van der Waals surface area contributed by atoms with Crippen LogP contribution in [0.1, 0.15) is 16.3 Å². The minimum Gasteiger partial charge on any atom is -0.496 e. The lowest BCUT2D eigenvalue weighted by molar-refractivity contribution is 0.414. The van der Waals surface area contributed by atoms with Crippen LogP contribution < -0.4 is 16.0 Å². The van der Waals surface area contributed by atoms with Crippen LogP contribution in [-0.2, 0) is 6.42 Å². The number of aromatic nitrogens is 1. The van der Waals surface area contributed by atoms with E-state index in [-0.39, 0.29) is 0 Å². The van der Waals surface area contributed by atoms with E-state index in [0.29, 0.717) is 0 Å². The van der Waals surface area contributed by atoms with E-state index in [1.807, 2.05) is 31.2 Å². The van der Waals surface area contributed by atoms with Gasteiger partial charge in [-0.25, -0.2) is 4.98 Å². The van der Waals surface area contributed by atoms with Crippen molar-refractivity contribution in [1.82, 2.24) is 4.98 Å². The molecular weight excluding hydrogens is 258 g/mol. The van der Waals surface area contributed by atoms with Gasteiger partial charge in [-0.1, -0.05) is 12.2 Å². The maximum Gasteiger partial charge on any atom is 0.126 e. The zero-order valence-corrected chi connectivity index (χ0v) is 11.8. The van der Waals surface area contributed by atoms with E-state index in [9.17, 15) is 0 Å². The fourth-order valence-corrected chi connectivity index (χ4v) is 2.39. The molecule has 0 atom stereocenters. The molecule has 0 unspecified atom stereocenters. The first-order valence-corrected chi connectivity index (χ1v) is 6.83. The molecule has 0 aliphatic heterocycles. The van der Waals surface area contributed by atoms with Gasteiger partial charge in [-0.2, -0.15) is 0 Å². The molecule has 1 aromatic carbocycles. The number of methoxy groups -OCH3 is 1. The number of nitrogens with zero attached hydrogens (tertiary/aromatic N) is 1. The van der Waals surface area contributed by atoms with Crippen LogP contribution in [-0.4, -0.2) is 12.1 Å². The number of hydrogen-bond acceptors (Lipinski definition) is 5. The smallest absolute Gasteiger partial charge is 0.126 e. The number of thiazole rings is 1. The molecule has 1 heterocycles. The number of benzene rings is 1. The average Bonchev–Trinajstić information content (AvgIpc) is 2.84. The molecule has 100 valence electrons. The van der Waals surface area contributed by atoms with E-state index in [2.05, 4.69) is 21.9 Å². The van der Waals surface area contributed by atoms with Crippen LogP contribution in [0.3, 0.4) is 0 Å². The Kier molecular flexibility index (Phi) is 4.54. The van der Waals surface area contributed by atoms with Crippen LogP contribution in [0.4, 0.5) is 5.69 Å². The number of nitrogen functional groups attached to an aromatic ring is 1. The maximum absolute atomic E-state index is 5.41. The van der Waals surface area contributed by atoms with Gasteiger partial charge in [-0.15, -0.1) is 11.3 Å². The van der Waals surface area contributed by atoms with Gasteiger partial charge in [0.15, 0.2) is 0 Å². The largest absolute Gasteiger partial charge is 0.496 e. The van der Waals surface area contributed by atoms with E-state index in [4.69, 9.17) is 10.6 Å². The molecule has 0 aliphatic rings. The maximum atomic E-state index is 5.41. The van der Waals surface area contributed by atoms with Crippen molar-refractivity contribution in [3.63, 3.8) is 0 Å². The highest BCUT2D eigenvalue weighted by molar-refractivity contribution is 7.09. The summed E-state index contributed by atoms with van der Waals surface area (Å²) in [5.41, 5.74) is 5.56. The number of anilines is 1. The molecule has 0 radical (unpaired) electrons. The van der Waals surface area contributed by atoms with Gasteiger partial charge in [-0.3, -0.25) is 5.84 Å². The summed E-state index contributed by atoms with van der Waals surface area (Å²) >= 11 is 1.67. The standard InChI is InChI=1S/C14H17N3OS/c1-10-16-13(9-19-10)5-3-4-11-8-12(17-15)6-7-14(11)18-2/h3-4,6-9,17H,5,15H2,1-2H3/b4-3+. The first kappa shape index (κ1) is 13.6. The predicted molar refractivity (Wildman–Crippen MR) is 80.4 cm³/mol. The highest BCUT2D eigenvalue weighted by Gasteiger charge is 2.01. The van der Waals surface area contributed by atoms with E-state index in [0.717, 1.165) is 34.1 Å². The number of nitrogens with two attached hydrogens (primary N) is 1. The summed E-state index contributed by atoms with van der Waals surface area (Å²) in [4.78, 5) is 4.42. The van der Waals surface area contributed by atoms with Gasteiger partial charge in [-0.05, 0) is 25.1 Å². The van der Waals surface area contributed by atoms with E-state index < -0.39 is 0 Å². The van der Waals surface area contributed by atoms with Crippen LogP contribution in [0, 0.1) is 6.92 Å². The summed E-state index contributed by atoms with van der Waals surface area (Å²) in [6.45, 7) is 2.01. The second-order valence-corrected chi connectivity index (χ2v) is 5.13. The minimum absolute atomic E-state index is 0.813. The molecule has 3 N–H and O–H groups in total. The van der Waals surface area contributed by atoms with Gasteiger partial charge in [0.2, 0.25) is 0 Å². The third-order valence-electron chi connectivity index (χ3n) is 2.69. The number of rotatable bonds is 5. The first-order chi connectivity index (χ1) is 9.22. The Morgan fingerprint density at radius 2 is 2.32 bits per heavy atom. The Balaban J connectivity index is 2.12. The summed E-state index contributed by atoms with van der Waals surface area (Å²) < 4.78 is 5.32. The third kappa shape index (κ3) is 3.56. The number of aryl methyl sites for hydroxylation is 1. The van der Waals surface area contributed by atoms with Gasteiger partial charge >= 0.3 is 0 Å². The first-order valence-electron chi connectivity index (χ1n) is 5.95. The Morgan fingerprint density at radius 1 is 1.47 bits per heavy atom. The Bertz CT molecular complexity index is 578. The molecular formula is C14H17N3OS. The Labute approximate surface area is 116 Å². The monoisotopic (exact) mass is 275 g/mol. The zero-order valence-electron chi connectivity index (χ0n) is 11.0. The summed E-state index contributed by atoms with van der Waals surface area (Å²) in [6, 6.07) is 5.71. The Hall–Kier alpha value is -1.85. The van der Waals surface area contributed by atoms with Crippen molar-refractivity contribution >= 4 is 23.1 Å². The predicted octanol–water partition coefficient (Wildman–Crippen LogP) is 3.00. The molecule has 4 nitrogen and oxygen atoms in total. The van der Waals surface area contributed by atoms with Crippen molar-refractivity contribution in [3.8, 4) is 5.75 Å². The van der Waals surface area contributed by atoms with Crippen molar-refractivity contribution in [1.29, 1.82) is 0 Å². The topological polar surface area (TPSA) is 60.2 Å². The number of ether oxygens (including phenoxy) is 1. The minimum atomic E-state index is 0.813. The lowest BCUT2D eigenvalue weighted by Gasteiger charge is -2.07. The molecule has 0 saturated carbocycles. The Morgan fingerprint density at radius 3 is 2.95 bits per heavy atom. The van der Waals surface area contributed by atoms with Crippen molar-refractivity contribution in [3.05, 3.63) is 45.9 Å². The van der Waals surface area contributed by atoms with Crippen molar-refractivity contribution < 1.29 is 4.74 Å². The second kappa shape index (κ2) is 6.36. The van der Waals surface area contributed by atoms with Crippen LogP contribution >= 0.6 is 11.3 Å². The fraction of sp³-hybridized carbons (Fsp3) is 0.214. The highest BCUT2D eigenvalue weighted by Crippen LogP contribution is 2.23. The van der Waals surface area contributed by atoms with Crippen molar-refractivity contribution in [2.75, 3.05) is 12.5 Å². The molecule has 0 aliphatic carbocycles. The molecule has 0 amide bonds. The van der Waals surface area contributed by atoms with Gasteiger partial charge < -0.3 is 10.2 Å². The lowest BCUT2D eigenvalue weighted by Crippen LogP contribution is -2.06. The van der Waals surface area contributed by atoms with Gasteiger partial charge in [0.1, 0.15) is 5.75 Å². The molecule has 1 aromatic heterocycles.